The summed E-state index contributed by atoms with van der Waals surface area (Å²) < 4.78 is 4.59. The summed E-state index contributed by atoms with van der Waals surface area (Å²) in [7, 11) is 5.25. The van der Waals surface area contributed by atoms with Gasteiger partial charge in [-0.2, -0.15) is 0 Å². The van der Waals surface area contributed by atoms with Gasteiger partial charge in [0, 0.05) is 33.6 Å². The third-order valence-electron chi connectivity index (χ3n) is 2.74. The van der Waals surface area contributed by atoms with Crippen LogP contribution in [0.4, 0.5) is 0 Å². The lowest BCUT2D eigenvalue weighted by molar-refractivity contribution is -0.140. The van der Waals surface area contributed by atoms with E-state index in [0.717, 1.165) is 31.9 Å². The van der Waals surface area contributed by atoms with Crippen molar-refractivity contribution >= 4 is 35.9 Å². The number of ether oxygens (including phenoxy) is 1. The fourth-order valence-electron chi connectivity index (χ4n) is 1.58. The van der Waals surface area contributed by atoms with Crippen LogP contribution in [-0.4, -0.2) is 51.1 Å². The van der Waals surface area contributed by atoms with Crippen LogP contribution in [0.25, 0.3) is 0 Å². The van der Waals surface area contributed by atoms with Gasteiger partial charge < -0.3 is 15.0 Å². The van der Waals surface area contributed by atoms with Crippen LogP contribution >= 0.6 is 24.0 Å². The van der Waals surface area contributed by atoms with Crippen molar-refractivity contribution in [2.75, 3.05) is 34.3 Å². The number of halogens is 1. The number of carbonyl (C=O) groups excluding carboxylic acids is 1. The monoisotopic (exact) mass is 385 g/mol. The molecule has 5 nitrogen and oxygen atoms in total. The van der Waals surface area contributed by atoms with Gasteiger partial charge in [-0.25, -0.2) is 0 Å². The summed E-state index contributed by atoms with van der Waals surface area (Å²) in [4.78, 5) is 17.3. The van der Waals surface area contributed by atoms with Crippen LogP contribution in [0.1, 0.15) is 39.0 Å². The van der Waals surface area contributed by atoms with Gasteiger partial charge in [-0.1, -0.05) is 13.3 Å². The lowest BCUT2D eigenvalue weighted by atomic mass is 10.2. The molecule has 0 atom stereocenters. The van der Waals surface area contributed by atoms with Crippen molar-refractivity contribution < 1.29 is 9.53 Å². The first-order chi connectivity index (χ1) is 8.65. The van der Waals surface area contributed by atoms with Crippen LogP contribution in [0, 0.1) is 0 Å². The van der Waals surface area contributed by atoms with Gasteiger partial charge in [0.1, 0.15) is 0 Å². The molecule has 0 heterocycles. The van der Waals surface area contributed by atoms with Crippen LogP contribution in [-0.2, 0) is 9.53 Å². The molecule has 0 unspecified atom stereocenters. The minimum Gasteiger partial charge on any atom is -0.469 e. The van der Waals surface area contributed by atoms with Gasteiger partial charge in [0.2, 0.25) is 0 Å². The number of hydrogen-bond acceptors (Lipinski definition) is 3. The summed E-state index contributed by atoms with van der Waals surface area (Å²) in [6, 6.07) is 0. The summed E-state index contributed by atoms with van der Waals surface area (Å²) in [5.41, 5.74) is 0. The molecular weight excluding hydrogens is 357 g/mol. The third-order valence-corrected chi connectivity index (χ3v) is 2.74. The Morgan fingerprint density at radius 3 is 2.53 bits per heavy atom. The maximum Gasteiger partial charge on any atom is 0.305 e. The van der Waals surface area contributed by atoms with E-state index in [1.807, 2.05) is 7.05 Å². The maximum absolute atomic E-state index is 10.9. The second-order valence-electron chi connectivity index (χ2n) is 4.28. The highest BCUT2D eigenvalue weighted by molar-refractivity contribution is 14.0. The largest absolute Gasteiger partial charge is 0.469 e. The van der Waals surface area contributed by atoms with Crippen molar-refractivity contribution in [1.82, 2.24) is 10.2 Å². The topological polar surface area (TPSA) is 53.9 Å². The van der Waals surface area contributed by atoms with Gasteiger partial charge >= 0.3 is 5.97 Å². The Balaban J connectivity index is 0. The lowest BCUT2D eigenvalue weighted by Crippen LogP contribution is -2.39. The molecule has 19 heavy (non-hydrogen) atoms. The van der Waals surface area contributed by atoms with Crippen molar-refractivity contribution in [2.45, 2.75) is 39.0 Å². The van der Waals surface area contributed by atoms with Crippen molar-refractivity contribution in [2.24, 2.45) is 4.99 Å². The molecular formula is C13H28IN3O2. The standard InChI is InChI=1S/C13H27N3O2.HI/c1-5-6-11-16(3)13(14-2)15-10-8-7-9-12(17)18-4;/h5-11H2,1-4H3,(H,14,15);1H. The van der Waals surface area contributed by atoms with Crippen molar-refractivity contribution in [3.05, 3.63) is 0 Å². The van der Waals surface area contributed by atoms with Gasteiger partial charge in [-0.05, 0) is 19.3 Å². The Bertz CT molecular complexity index is 260. The molecule has 0 saturated carbocycles. The summed E-state index contributed by atoms with van der Waals surface area (Å²) in [5.74, 6) is 0.779. The zero-order chi connectivity index (χ0) is 13.8. The van der Waals surface area contributed by atoms with Gasteiger partial charge in [0.15, 0.2) is 5.96 Å². The summed E-state index contributed by atoms with van der Waals surface area (Å²) >= 11 is 0. The van der Waals surface area contributed by atoms with Gasteiger partial charge in [0.05, 0.1) is 7.11 Å². The van der Waals surface area contributed by atoms with E-state index in [0.29, 0.717) is 6.42 Å². The van der Waals surface area contributed by atoms with Gasteiger partial charge in [-0.15, -0.1) is 24.0 Å². The normalized spacial score (nSPS) is 10.6. The van der Waals surface area contributed by atoms with Crippen molar-refractivity contribution in [1.29, 1.82) is 0 Å². The third kappa shape index (κ3) is 11.0. The van der Waals surface area contributed by atoms with E-state index in [-0.39, 0.29) is 29.9 Å². The summed E-state index contributed by atoms with van der Waals surface area (Å²) in [6.45, 7) is 4.02. The number of guanidine groups is 1. The first kappa shape index (κ1) is 20.8. The molecule has 0 fully saturated rings. The number of nitrogens with zero attached hydrogens (tertiary/aromatic N) is 2. The maximum atomic E-state index is 10.9. The zero-order valence-corrected chi connectivity index (χ0v) is 14.9. The van der Waals surface area contributed by atoms with E-state index in [1.54, 1.807) is 7.05 Å². The number of nitrogens with one attached hydrogen (secondary N) is 1. The van der Waals surface area contributed by atoms with E-state index in [4.69, 9.17) is 0 Å². The predicted molar refractivity (Wildman–Crippen MR) is 90.2 cm³/mol. The Labute approximate surface area is 134 Å². The Kier molecular flexibility index (Phi) is 15.2. The predicted octanol–water partition coefficient (Wildman–Crippen LogP) is 2.26. The second kappa shape index (κ2) is 13.9. The van der Waals surface area contributed by atoms with E-state index in [9.17, 15) is 4.79 Å². The van der Waals surface area contributed by atoms with E-state index in [2.05, 4.69) is 26.9 Å². The molecule has 0 aliphatic heterocycles. The average Bonchev–Trinajstić information content (AvgIpc) is 2.39. The number of rotatable bonds is 8. The molecule has 0 aliphatic rings. The molecule has 0 aromatic heterocycles. The first-order valence-corrected chi connectivity index (χ1v) is 6.64. The number of carbonyl (C=O) groups is 1. The molecule has 114 valence electrons. The molecule has 1 N–H and O–H groups in total. The Morgan fingerprint density at radius 2 is 2.00 bits per heavy atom. The Hall–Kier alpha value is -0.530. The molecule has 0 aliphatic carbocycles. The van der Waals surface area contributed by atoms with Crippen LogP contribution in [0.5, 0.6) is 0 Å². The summed E-state index contributed by atoms with van der Waals surface area (Å²) in [5, 5.41) is 3.29. The highest BCUT2D eigenvalue weighted by Gasteiger charge is 2.04. The number of hydrogen-bond donors (Lipinski definition) is 1. The second-order valence-corrected chi connectivity index (χ2v) is 4.28. The minimum atomic E-state index is -0.139. The minimum absolute atomic E-state index is 0. The zero-order valence-electron chi connectivity index (χ0n) is 12.6. The smallest absolute Gasteiger partial charge is 0.305 e. The molecule has 0 amide bonds. The number of unbranched alkanes of at least 4 members (excludes halogenated alkanes) is 2. The fourth-order valence-corrected chi connectivity index (χ4v) is 1.58. The van der Waals surface area contributed by atoms with Crippen molar-refractivity contribution in [3.8, 4) is 0 Å². The number of aliphatic imine (C=N–C) groups is 1. The average molecular weight is 385 g/mol. The van der Waals surface area contributed by atoms with Crippen molar-refractivity contribution in [3.63, 3.8) is 0 Å². The molecule has 0 radical (unpaired) electrons. The van der Waals surface area contributed by atoms with Crippen LogP contribution < -0.4 is 5.32 Å². The number of methoxy groups -OCH3 is 1. The van der Waals surface area contributed by atoms with Gasteiger partial charge in [0.25, 0.3) is 0 Å². The highest BCUT2D eigenvalue weighted by atomic mass is 127. The number of esters is 1. The van der Waals surface area contributed by atoms with E-state index in [1.165, 1.54) is 20.0 Å². The summed E-state index contributed by atoms with van der Waals surface area (Å²) in [6.07, 6.45) is 4.62. The van der Waals surface area contributed by atoms with Crippen LogP contribution in [0.2, 0.25) is 0 Å². The van der Waals surface area contributed by atoms with E-state index < -0.39 is 0 Å². The van der Waals surface area contributed by atoms with Crippen LogP contribution in [0.15, 0.2) is 4.99 Å². The molecule has 0 spiro atoms. The SMILES string of the molecule is CCCCN(C)C(=NC)NCCCCC(=O)OC.I. The highest BCUT2D eigenvalue weighted by Crippen LogP contribution is 1.97. The quantitative estimate of drug-likeness (QED) is 0.229. The molecule has 0 saturated heterocycles. The first-order valence-electron chi connectivity index (χ1n) is 6.64. The molecule has 0 aromatic carbocycles. The molecule has 6 heteroatoms. The van der Waals surface area contributed by atoms with Crippen LogP contribution in [0.3, 0.4) is 0 Å². The fraction of sp³-hybridized carbons (Fsp3) is 0.846. The Morgan fingerprint density at radius 1 is 1.32 bits per heavy atom. The van der Waals surface area contributed by atoms with E-state index >= 15 is 0 Å². The molecule has 0 rings (SSSR count). The lowest BCUT2D eigenvalue weighted by Gasteiger charge is -2.21. The van der Waals surface area contributed by atoms with Gasteiger partial charge in [-0.3, -0.25) is 9.79 Å². The molecule has 0 bridgehead atoms. The molecule has 0 aromatic rings.